The van der Waals surface area contributed by atoms with Gasteiger partial charge in [-0.2, -0.15) is 4.98 Å². The molecule has 3 aromatic rings. The summed E-state index contributed by atoms with van der Waals surface area (Å²) < 4.78 is 10.9. The number of hydrogen-bond acceptors (Lipinski definition) is 7. The Balaban J connectivity index is 1.49. The molecule has 0 radical (unpaired) electrons. The highest BCUT2D eigenvalue weighted by Crippen LogP contribution is 2.34. The fourth-order valence-electron chi connectivity index (χ4n) is 3.37. The van der Waals surface area contributed by atoms with Crippen molar-refractivity contribution in [1.29, 1.82) is 0 Å². The first-order valence-corrected chi connectivity index (χ1v) is 9.21. The lowest BCUT2D eigenvalue weighted by molar-refractivity contribution is 0.353. The number of nitrogens with zero attached hydrogens (tertiary/aromatic N) is 4. The lowest BCUT2D eigenvalue weighted by Crippen LogP contribution is -2.31. The minimum absolute atomic E-state index is 0.611. The molecule has 7 heteroatoms. The van der Waals surface area contributed by atoms with Crippen LogP contribution in [0.3, 0.4) is 0 Å². The van der Waals surface area contributed by atoms with Gasteiger partial charge in [-0.3, -0.25) is 4.98 Å². The van der Waals surface area contributed by atoms with Crippen molar-refractivity contribution in [3.63, 3.8) is 0 Å². The highest BCUT2D eigenvalue weighted by atomic mass is 16.5. The van der Waals surface area contributed by atoms with Gasteiger partial charge in [-0.1, -0.05) is 6.07 Å². The van der Waals surface area contributed by atoms with Crippen LogP contribution in [0.15, 0.2) is 48.9 Å². The molecule has 0 bridgehead atoms. The first-order valence-electron chi connectivity index (χ1n) is 9.21. The molecule has 0 spiro atoms. The summed E-state index contributed by atoms with van der Waals surface area (Å²) in [5.41, 5.74) is 3.61. The number of ether oxygens (including phenoxy) is 2. The van der Waals surface area contributed by atoms with Crippen LogP contribution in [-0.2, 0) is 19.5 Å². The lowest BCUT2D eigenvalue weighted by atomic mass is 9.99. The summed E-state index contributed by atoms with van der Waals surface area (Å²) in [5, 5.41) is 3.27. The van der Waals surface area contributed by atoms with E-state index in [9.17, 15) is 0 Å². The molecule has 1 aliphatic rings. The summed E-state index contributed by atoms with van der Waals surface area (Å²) in [4.78, 5) is 15.4. The van der Waals surface area contributed by atoms with E-state index < -0.39 is 0 Å². The average Bonchev–Trinajstić information content (AvgIpc) is 2.77. The van der Waals surface area contributed by atoms with Gasteiger partial charge >= 0.3 is 0 Å². The molecule has 0 saturated carbocycles. The van der Waals surface area contributed by atoms with Crippen LogP contribution in [0, 0.1) is 0 Å². The molecule has 3 heterocycles. The summed E-state index contributed by atoms with van der Waals surface area (Å²) in [6, 6.07) is 10.0. The van der Waals surface area contributed by atoms with Crippen LogP contribution in [0.1, 0.15) is 16.7 Å². The second-order valence-corrected chi connectivity index (χ2v) is 6.60. The van der Waals surface area contributed by atoms with Gasteiger partial charge in [0.1, 0.15) is 5.82 Å². The number of fused-ring (bicyclic) bond motifs is 1. The maximum atomic E-state index is 5.45. The summed E-state index contributed by atoms with van der Waals surface area (Å²) in [7, 11) is 3.33. The Morgan fingerprint density at radius 3 is 2.64 bits per heavy atom. The zero-order valence-electron chi connectivity index (χ0n) is 16.1. The molecule has 7 nitrogen and oxygen atoms in total. The maximum Gasteiger partial charge on any atom is 0.224 e. The quantitative estimate of drug-likeness (QED) is 0.708. The predicted molar refractivity (Wildman–Crippen MR) is 108 cm³/mol. The number of aromatic nitrogens is 3. The van der Waals surface area contributed by atoms with Crippen molar-refractivity contribution in [3.05, 3.63) is 65.6 Å². The summed E-state index contributed by atoms with van der Waals surface area (Å²) in [6.07, 6.45) is 6.32. The largest absolute Gasteiger partial charge is 0.493 e. The zero-order chi connectivity index (χ0) is 19.3. The topological polar surface area (TPSA) is 72.4 Å². The Kier molecular flexibility index (Phi) is 5.23. The minimum atomic E-state index is 0.611. The molecule has 0 fully saturated rings. The molecule has 1 N–H and O–H groups in total. The molecule has 28 heavy (non-hydrogen) atoms. The van der Waals surface area contributed by atoms with Crippen LogP contribution in [0.5, 0.6) is 11.5 Å². The van der Waals surface area contributed by atoms with E-state index in [1.165, 1.54) is 11.1 Å². The molecule has 0 amide bonds. The number of benzene rings is 1. The Labute approximate surface area is 164 Å². The third kappa shape index (κ3) is 3.83. The Morgan fingerprint density at radius 2 is 1.89 bits per heavy atom. The van der Waals surface area contributed by atoms with Crippen molar-refractivity contribution in [3.8, 4) is 11.5 Å². The van der Waals surface area contributed by atoms with Crippen molar-refractivity contribution in [2.75, 3.05) is 31.0 Å². The molecule has 0 unspecified atom stereocenters. The molecule has 0 atom stereocenters. The number of rotatable bonds is 6. The fraction of sp³-hybridized carbons (Fsp3) is 0.286. The summed E-state index contributed by atoms with van der Waals surface area (Å²) >= 11 is 0. The van der Waals surface area contributed by atoms with Gasteiger partial charge in [0, 0.05) is 38.2 Å². The second-order valence-electron chi connectivity index (χ2n) is 6.60. The molecule has 2 aromatic heterocycles. The predicted octanol–water partition coefficient (Wildman–Crippen LogP) is 3.06. The van der Waals surface area contributed by atoms with E-state index in [2.05, 4.69) is 37.3 Å². The van der Waals surface area contributed by atoms with E-state index in [-0.39, 0.29) is 0 Å². The van der Waals surface area contributed by atoms with Gasteiger partial charge in [0.2, 0.25) is 5.95 Å². The van der Waals surface area contributed by atoms with Gasteiger partial charge in [-0.15, -0.1) is 0 Å². The van der Waals surface area contributed by atoms with Gasteiger partial charge in [0.15, 0.2) is 11.5 Å². The summed E-state index contributed by atoms with van der Waals surface area (Å²) in [6.45, 7) is 2.30. The number of methoxy groups -OCH3 is 2. The number of hydrogen-bond donors (Lipinski definition) is 1. The Morgan fingerprint density at radius 1 is 1.07 bits per heavy atom. The second kappa shape index (κ2) is 8.12. The fourth-order valence-corrected chi connectivity index (χ4v) is 3.37. The van der Waals surface area contributed by atoms with E-state index in [4.69, 9.17) is 9.47 Å². The van der Waals surface area contributed by atoms with Crippen molar-refractivity contribution in [2.24, 2.45) is 0 Å². The molecule has 0 saturated heterocycles. The highest BCUT2D eigenvalue weighted by molar-refractivity contribution is 5.52. The summed E-state index contributed by atoms with van der Waals surface area (Å²) in [5.74, 6) is 3.05. The SMILES string of the molecule is COc1cc2c(cc1OC)CN(c1ccnc(NCc3cccnc3)n1)CC2. The third-order valence-electron chi connectivity index (χ3n) is 4.86. The van der Waals surface area contributed by atoms with Crippen LogP contribution in [0.2, 0.25) is 0 Å². The maximum absolute atomic E-state index is 5.45. The molecule has 1 aromatic carbocycles. The van der Waals surface area contributed by atoms with Crippen molar-refractivity contribution in [2.45, 2.75) is 19.5 Å². The van der Waals surface area contributed by atoms with Crippen molar-refractivity contribution in [1.82, 2.24) is 15.0 Å². The van der Waals surface area contributed by atoms with Gasteiger partial charge in [0.25, 0.3) is 0 Å². The molecule has 1 aliphatic heterocycles. The van der Waals surface area contributed by atoms with Crippen LogP contribution >= 0.6 is 0 Å². The van der Waals surface area contributed by atoms with Crippen molar-refractivity contribution < 1.29 is 9.47 Å². The van der Waals surface area contributed by atoms with E-state index >= 15 is 0 Å². The van der Waals surface area contributed by atoms with Crippen LogP contribution < -0.4 is 19.7 Å². The minimum Gasteiger partial charge on any atom is -0.493 e. The molecular formula is C21H23N5O2. The van der Waals surface area contributed by atoms with Gasteiger partial charge in [-0.25, -0.2) is 4.98 Å². The molecule has 0 aliphatic carbocycles. The van der Waals surface area contributed by atoms with Gasteiger partial charge in [-0.05, 0) is 47.4 Å². The van der Waals surface area contributed by atoms with E-state index in [0.717, 1.165) is 42.4 Å². The number of pyridine rings is 1. The van der Waals surface area contributed by atoms with Gasteiger partial charge in [0.05, 0.1) is 14.2 Å². The van der Waals surface area contributed by atoms with E-state index in [1.54, 1.807) is 26.6 Å². The van der Waals surface area contributed by atoms with Crippen LogP contribution in [0.25, 0.3) is 0 Å². The lowest BCUT2D eigenvalue weighted by Gasteiger charge is -2.30. The smallest absolute Gasteiger partial charge is 0.224 e. The first kappa shape index (κ1) is 18.0. The van der Waals surface area contributed by atoms with Crippen molar-refractivity contribution >= 4 is 11.8 Å². The Bertz CT molecular complexity index is 949. The number of nitrogens with one attached hydrogen (secondary N) is 1. The van der Waals surface area contributed by atoms with E-state index in [0.29, 0.717) is 12.5 Å². The van der Waals surface area contributed by atoms with Crippen LogP contribution in [0.4, 0.5) is 11.8 Å². The number of anilines is 2. The monoisotopic (exact) mass is 377 g/mol. The normalized spacial score (nSPS) is 13.0. The third-order valence-corrected chi connectivity index (χ3v) is 4.86. The highest BCUT2D eigenvalue weighted by Gasteiger charge is 2.20. The standard InChI is InChI=1S/C21H23N5O2/c1-27-18-10-16-6-9-26(14-17(16)11-19(18)28-2)20-5-8-23-21(25-20)24-13-15-4-3-7-22-12-15/h3-5,7-8,10-12H,6,9,13-14H2,1-2H3,(H,23,24,25). The van der Waals surface area contributed by atoms with Crippen LogP contribution in [-0.4, -0.2) is 35.7 Å². The van der Waals surface area contributed by atoms with E-state index in [1.807, 2.05) is 24.4 Å². The molecule has 144 valence electrons. The Hall–Kier alpha value is -3.35. The first-order chi connectivity index (χ1) is 13.8. The molecule has 4 rings (SSSR count). The molecular weight excluding hydrogens is 354 g/mol. The van der Waals surface area contributed by atoms with Gasteiger partial charge < -0.3 is 19.7 Å². The zero-order valence-corrected chi connectivity index (χ0v) is 16.1. The average molecular weight is 377 g/mol.